The van der Waals surface area contributed by atoms with Crippen LogP contribution < -0.4 is 0 Å². The Labute approximate surface area is 95.7 Å². The van der Waals surface area contributed by atoms with E-state index in [0.29, 0.717) is 12.8 Å². The van der Waals surface area contributed by atoms with Crippen LogP contribution in [0.5, 0.6) is 0 Å². The molecule has 0 aromatic heterocycles. The second-order valence-corrected chi connectivity index (χ2v) is 6.82. The van der Waals surface area contributed by atoms with Crippen LogP contribution in [0.1, 0.15) is 32.6 Å². The van der Waals surface area contributed by atoms with Gasteiger partial charge in [0.2, 0.25) is 10.0 Å². The van der Waals surface area contributed by atoms with Crippen LogP contribution in [0.4, 0.5) is 0 Å². The molecule has 0 aromatic carbocycles. The van der Waals surface area contributed by atoms with Gasteiger partial charge in [0.15, 0.2) is 5.25 Å². The highest BCUT2D eigenvalue weighted by molar-refractivity contribution is 7.90. The average molecular weight is 244 g/mol. The fraction of sp³-hybridized carbons (Fsp3) is 0.900. The number of nitriles is 1. The van der Waals surface area contributed by atoms with Crippen molar-refractivity contribution in [2.45, 2.75) is 56.0 Å². The third-order valence-electron chi connectivity index (χ3n) is 3.56. The Bertz CT molecular complexity index is 400. The number of rotatable bonds is 2. The summed E-state index contributed by atoms with van der Waals surface area (Å²) in [5.74, 6) is 0. The Morgan fingerprint density at radius 1 is 1.38 bits per heavy atom. The van der Waals surface area contributed by atoms with Gasteiger partial charge >= 0.3 is 0 Å². The number of hydrogen-bond donors (Lipinski definition) is 1. The number of aliphatic hydroxyl groups excluding tert-OH is 1. The molecule has 0 aromatic rings. The largest absolute Gasteiger partial charge is 0.393 e. The number of piperidine rings is 1. The molecule has 16 heavy (non-hydrogen) atoms. The minimum atomic E-state index is -3.51. The molecule has 2 rings (SSSR count). The van der Waals surface area contributed by atoms with Gasteiger partial charge in [0.25, 0.3) is 0 Å². The van der Waals surface area contributed by atoms with E-state index in [1.54, 1.807) is 6.07 Å². The zero-order valence-corrected chi connectivity index (χ0v) is 10.0. The molecule has 3 atom stereocenters. The van der Waals surface area contributed by atoms with Gasteiger partial charge in [0.05, 0.1) is 12.2 Å². The molecule has 0 aliphatic carbocycles. The Hall–Kier alpha value is -0.640. The van der Waals surface area contributed by atoms with Crippen molar-refractivity contribution < 1.29 is 13.5 Å². The lowest BCUT2D eigenvalue weighted by Gasteiger charge is -2.36. The lowest BCUT2D eigenvalue weighted by molar-refractivity contribution is 0.0767. The zero-order chi connectivity index (χ0) is 11.9. The fourth-order valence-electron chi connectivity index (χ4n) is 2.77. The maximum absolute atomic E-state index is 12.1. The fourth-order valence-corrected chi connectivity index (χ4v) is 4.48. The van der Waals surface area contributed by atoms with Crippen LogP contribution in [0, 0.1) is 11.3 Å². The molecule has 6 heteroatoms. The Morgan fingerprint density at radius 3 is 2.31 bits per heavy atom. The van der Waals surface area contributed by atoms with E-state index in [-0.39, 0.29) is 18.2 Å². The summed E-state index contributed by atoms with van der Waals surface area (Å²) < 4.78 is 25.7. The topological polar surface area (TPSA) is 81.4 Å². The van der Waals surface area contributed by atoms with Crippen LogP contribution in [0.25, 0.3) is 0 Å². The van der Waals surface area contributed by atoms with Crippen LogP contribution >= 0.6 is 0 Å². The quantitative estimate of drug-likeness (QED) is 0.753. The van der Waals surface area contributed by atoms with E-state index in [1.807, 2.05) is 0 Å². The number of sulfonamides is 1. The molecule has 2 bridgehead atoms. The first-order chi connectivity index (χ1) is 7.46. The van der Waals surface area contributed by atoms with Crippen molar-refractivity contribution in [1.29, 1.82) is 5.26 Å². The molecule has 1 N–H and O–H groups in total. The highest BCUT2D eigenvalue weighted by Gasteiger charge is 2.47. The summed E-state index contributed by atoms with van der Waals surface area (Å²) in [5.41, 5.74) is 0. The van der Waals surface area contributed by atoms with Gasteiger partial charge < -0.3 is 5.11 Å². The third kappa shape index (κ3) is 1.73. The highest BCUT2D eigenvalue weighted by atomic mass is 32.2. The van der Waals surface area contributed by atoms with Crippen molar-refractivity contribution in [3.63, 3.8) is 0 Å². The maximum Gasteiger partial charge on any atom is 0.230 e. The van der Waals surface area contributed by atoms with Gasteiger partial charge in [0.1, 0.15) is 0 Å². The Balaban J connectivity index is 2.27. The lowest BCUT2D eigenvalue weighted by Crippen LogP contribution is -2.50. The minimum Gasteiger partial charge on any atom is -0.393 e. The first-order valence-corrected chi connectivity index (χ1v) is 7.07. The Morgan fingerprint density at radius 2 is 1.88 bits per heavy atom. The smallest absolute Gasteiger partial charge is 0.230 e. The molecule has 3 unspecified atom stereocenters. The second-order valence-electron chi connectivity index (χ2n) is 4.66. The van der Waals surface area contributed by atoms with E-state index in [1.165, 1.54) is 11.2 Å². The first kappa shape index (κ1) is 11.8. The molecule has 90 valence electrons. The van der Waals surface area contributed by atoms with Crippen LogP contribution in [-0.4, -0.2) is 41.3 Å². The third-order valence-corrected chi connectivity index (χ3v) is 5.75. The summed E-state index contributed by atoms with van der Waals surface area (Å²) in [6.45, 7) is 1.42. The predicted molar refractivity (Wildman–Crippen MR) is 57.9 cm³/mol. The van der Waals surface area contributed by atoms with Crippen LogP contribution in [0.2, 0.25) is 0 Å². The molecule has 2 fully saturated rings. The second kappa shape index (κ2) is 3.99. The molecule has 2 saturated heterocycles. The van der Waals surface area contributed by atoms with E-state index >= 15 is 0 Å². The van der Waals surface area contributed by atoms with Gasteiger partial charge in [-0.25, -0.2) is 8.42 Å². The molecule has 2 aliphatic heterocycles. The molecular weight excluding hydrogens is 228 g/mol. The predicted octanol–water partition coefficient (Wildman–Crippen LogP) is 0.216. The first-order valence-electron chi connectivity index (χ1n) is 5.57. The molecule has 0 radical (unpaired) electrons. The van der Waals surface area contributed by atoms with Crippen LogP contribution in [0.15, 0.2) is 0 Å². The van der Waals surface area contributed by atoms with Crippen LogP contribution in [0.3, 0.4) is 0 Å². The van der Waals surface area contributed by atoms with Crippen molar-refractivity contribution in [3.05, 3.63) is 0 Å². The van der Waals surface area contributed by atoms with Gasteiger partial charge in [0, 0.05) is 12.1 Å². The van der Waals surface area contributed by atoms with Crippen LogP contribution in [-0.2, 0) is 10.0 Å². The minimum absolute atomic E-state index is 0.102. The van der Waals surface area contributed by atoms with E-state index < -0.39 is 15.3 Å². The molecule has 5 nitrogen and oxygen atoms in total. The standard InChI is InChI=1S/C10H16N2O3S/c1-7(6-11)16(14,15)12-8-2-3-9(12)5-10(13)4-8/h7-10,13H,2-5H2,1H3. The zero-order valence-electron chi connectivity index (χ0n) is 9.20. The van der Waals surface area contributed by atoms with Crippen molar-refractivity contribution >= 4 is 10.0 Å². The van der Waals surface area contributed by atoms with E-state index in [4.69, 9.17) is 5.26 Å². The average Bonchev–Trinajstić information content (AvgIpc) is 2.51. The van der Waals surface area contributed by atoms with Gasteiger partial charge in [-0.15, -0.1) is 0 Å². The lowest BCUT2D eigenvalue weighted by atomic mass is 10.0. The van der Waals surface area contributed by atoms with Crippen molar-refractivity contribution in [2.75, 3.05) is 0 Å². The van der Waals surface area contributed by atoms with Gasteiger partial charge in [-0.05, 0) is 32.6 Å². The summed E-state index contributed by atoms with van der Waals surface area (Å²) in [6, 6.07) is 1.59. The number of aliphatic hydroxyl groups is 1. The van der Waals surface area contributed by atoms with Gasteiger partial charge in [-0.1, -0.05) is 0 Å². The molecule has 0 amide bonds. The van der Waals surface area contributed by atoms with E-state index in [0.717, 1.165) is 12.8 Å². The normalized spacial score (nSPS) is 36.9. The molecule has 0 saturated carbocycles. The number of nitrogens with zero attached hydrogens (tertiary/aromatic N) is 2. The summed E-state index contributed by atoms with van der Waals surface area (Å²) in [5, 5.41) is 17.3. The summed E-state index contributed by atoms with van der Waals surface area (Å²) in [4.78, 5) is 0. The Kier molecular flexibility index (Phi) is 2.95. The highest BCUT2D eigenvalue weighted by Crippen LogP contribution is 2.38. The summed E-state index contributed by atoms with van der Waals surface area (Å²) >= 11 is 0. The summed E-state index contributed by atoms with van der Waals surface area (Å²) in [6.07, 6.45) is 2.24. The SMILES string of the molecule is CC(C#N)S(=O)(=O)N1C2CCC1CC(O)C2. The number of fused-ring (bicyclic) bond motifs is 2. The van der Waals surface area contributed by atoms with Gasteiger partial charge in [-0.2, -0.15) is 9.57 Å². The maximum atomic E-state index is 12.1. The molecule has 0 spiro atoms. The van der Waals surface area contributed by atoms with E-state index in [9.17, 15) is 13.5 Å². The number of hydrogen-bond acceptors (Lipinski definition) is 4. The van der Waals surface area contributed by atoms with Crippen molar-refractivity contribution in [1.82, 2.24) is 4.31 Å². The molecule has 2 heterocycles. The molecular formula is C10H16N2O3S. The molecule has 2 aliphatic rings. The van der Waals surface area contributed by atoms with Crippen molar-refractivity contribution in [2.24, 2.45) is 0 Å². The van der Waals surface area contributed by atoms with Gasteiger partial charge in [-0.3, -0.25) is 0 Å². The van der Waals surface area contributed by atoms with E-state index in [2.05, 4.69) is 0 Å². The monoisotopic (exact) mass is 244 g/mol. The summed E-state index contributed by atoms with van der Waals surface area (Å²) in [7, 11) is -3.51. The van der Waals surface area contributed by atoms with Crippen molar-refractivity contribution in [3.8, 4) is 6.07 Å².